The standard InChI is InChI=1S/C32H37N3O8S/c1-7-42-32(38)27-23-13-8-18(2)14-26(23)44-31(27)34-30(37)21-9-11-22(12-10-21)43-19(3)29(36)35-33-17-20-15-24(39-4)28(41-6)25(16-20)40-5/h9-12,15-19H,7-8,13-14H2,1-6H3,(H,34,37)(H,35,36)/b33-17+. The molecule has 11 nitrogen and oxygen atoms in total. The van der Waals surface area contributed by atoms with Crippen molar-refractivity contribution in [3.63, 3.8) is 0 Å². The number of nitrogens with zero attached hydrogens (tertiary/aromatic N) is 1. The maximum atomic E-state index is 13.1. The maximum Gasteiger partial charge on any atom is 0.341 e. The average Bonchev–Trinajstić information content (AvgIpc) is 3.37. The van der Waals surface area contributed by atoms with Crippen molar-refractivity contribution in [3.05, 3.63) is 63.5 Å². The Morgan fingerprint density at radius 1 is 1.07 bits per heavy atom. The molecule has 1 aliphatic rings. The Morgan fingerprint density at radius 3 is 2.36 bits per heavy atom. The van der Waals surface area contributed by atoms with Crippen LogP contribution in [0.25, 0.3) is 0 Å². The van der Waals surface area contributed by atoms with Crippen molar-refractivity contribution in [3.8, 4) is 23.0 Å². The summed E-state index contributed by atoms with van der Waals surface area (Å²) in [4.78, 5) is 39.6. The number of carbonyl (C=O) groups is 3. The van der Waals surface area contributed by atoms with Gasteiger partial charge in [0.15, 0.2) is 17.6 Å². The second-order valence-electron chi connectivity index (χ2n) is 10.2. The molecule has 12 heteroatoms. The molecule has 2 atom stereocenters. The van der Waals surface area contributed by atoms with Crippen molar-refractivity contribution in [2.24, 2.45) is 11.0 Å². The molecule has 1 heterocycles. The molecule has 2 amide bonds. The molecule has 1 aromatic heterocycles. The molecule has 0 saturated carbocycles. The van der Waals surface area contributed by atoms with Gasteiger partial charge in [-0.3, -0.25) is 9.59 Å². The normalized spacial score (nSPS) is 14.7. The molecular formula is C32H37N3O8S. The zero-order valence-corrected chi connectivity index (χ0v) is 26.5. The Morgan fingerprint density at radius 2 is 1.75 bits per heavy atom. The molecule has 0 fully saturated rings. The number of rotatable bonds is 12. The lowest BCUT2D eigenvalue weighted by Crippen LogP contribution is -2.33. The molecule has 0 aliphatic heterocycles. The third kappa shape index (κ3) is 7.49. The summed E-state index contributed by atoms with van der Waals surface area (Å²) >= 11 is 1.44. The van der Waals surface area contributed by atoms with E-state index in [0.29, 0.717) is 50.6 Å². The molecule has 0 spiro atoms. The highest BCUT2D eigenvalue weighted by molar-refractivity contribution is 7.17. The maximum absolute atomic E-state index is 13.1. The zero-order chi connectivity index (χ0) is 31.8. The highest BCUT2D eigenvalue weighted by atomic mass is 32.1. The fourth-order valence-electron chi connectivity index (χ4n) is 4.81. The van der Waals surface area contributed by atoms with Gasteiger partial charge in [0.25, 0.3) is 11.8 Å². The van der Waals surface area contributed by atoms with E-state index < -0.39 is 18.0 Å². The molecule has 4 rings (SSSR count). The lowest BCUT2D eigenvalue weighted by Gasteiger charge is -2.18. The molecule has 0 saturated heterocycles. The Bertz CT molecular complexity index is 1510. The molecule has 2 unspecified atom stereocenters. The predicted molar refractivity (Wildman–Crippen MR) is 168 cm³/mol. The molecule has 44 heavy (non-hydrogen) atoms. The van der Waals surface area contributed by atoms with Gasteiger partial charge in [0, 0.05) is 16.0 Å². The van der Waals surface area contributed by atoms with E-state index in [0.717, 1.165) is 29.7 Å². The van der Waals surface area contributed by atoms with Gasteiger partial charge in [-0.1, -0.05) is 6.92 Å². The van der Waals surface area contributed by atoms with E-state index >= 15 is 0 Å². The van der Waals surface area contributed by atoms with Crippen molar-refractivity contribution in [2.45, 2.75) is 46.1 Å². The van der Waals surface area contributed by atoms with Crippen LogP contribution in [0.15, 0.2) is 41.5 Å². The number of amides is 2. The van der Waals surface area contributed by atoms with Crippen molar-refractivity contribution >= 4 is 40.3 Å². The van der Waals surface area contributed by atoms with Crippen molar-refractivity contribution in [2.75, 3.05) is 33.3 Å². The van der Waals surface area contributed by atoms with E-state index in [1.807, 2.05) is 0 Å². The number of carbonyl (C=O) groups excluding carboxylic acids is 3. The Balaban J connectivity index is 1.37. The number of methoxy groups -OCH3 is 3. The smallest absolute Gasteiger partial charge is 0.341 e. The number of nitrogens with one attached hydrogen (secondary N) is 2. The lowest BCUT2D eigenvalue weighted by molar-refractivity contribution is -0.127. The van der Waals surface area contributed by atoms with Crippen molar-refractivity contribution in [1.82, 2.24) is 5.43 Å². The largest absolute Gasteiger partial charge is 0.493 e. The lowest BCUT2D eigenvalue weighted by atomic mass is 9.88. The van der Waals surface area contributed by atoms with Gasteiger partial charge in [0.1, 0.15) is 10.8 Å². The summed E-state index contributed by atoms with van der Waals surface area (Å²) in [6.07, 6.45) is 3.21. The average molecular weight is 624 g/mol. The SMILES string of the molecule is CCOC(=O)c1c(NC(=O)c2ccc(OC(C)C(=O)N/N=C/c3cc(OC)c(OC)c(OC)c3)cc2)sc2c1CCC(C)C2. The Hall–Kier alpha value is -4.58. The minimum absolute atomic E-state index is 0.255. The van der Waals surface area contributed by atoms with Crippen LogP contribution >= 0.6 is 11.3 Å². The predicted octanol–water partition coefficient (Wildman–Crippen LogP) is 5.25. The second kappa shape index (κ2) is 14.7. The van der Waals surface area contributed by atoms with Gasteiger partial charge in [-0.2, -0.15) is 5.10 Å². The van der Waals surface area contributed by atoms with Crippen LogP contribution in [0.4, 0.5) is 5.00 Å². The molecule has 234 valence electrons. The number of esters is 1. The van der Waals surface area contributed by atoms with E-state index in [9.17, 15) is 14.4 Å². The fraction of sp³-hybridized carbons (Fsp3) is 0.375. The summed E-state index contributed by atoms with van der Waals surface area (Å²) in [6, 6.07) is 9.78. The first-order valence-corrected chi connectivity index (χ1v) is 15.0. The zero-order valence-electron chi connectivity index (χ0n) is 25.6. The summed E-state index contributed by atoms with van der Waals surface area (Å²) in [5.74, 6) is 1.02. The molecule has 2 aromatic carbocycles. The second-order valence-corrected chi connectivity index (χ2v) is 11.3. The number of thiophene rings is 1. The summed E-state index contributed by atoms with van der Waals surface area (Å²) in [5.41, 5.74) is 4.88. The minimum Gasteiger partial charge on any atom is -0.493 e. The van der Waals surface area contributed by atoms with E-state index in [4.69, 9.17) is 23.7 Å². The molecule has 2 N–H and O–H groups in total. The van der Waals surface area contributed by atoms with Gasteiger partial charge in [-0.25, -0.2) is 10.2 Å². The first-order chi connectivity index (χ1) is 21.2. The van der Waals surface area contributed by atoms with Crippen molar-refractivity contribution in [1.29, 1.82) is 0 Å². The quantitative estimate of drug-likeness (QED) is 0.159. The van der Waals surface area contributed by atoms with Gasteiger partial charge in [-0.15, -0.1) is 11.3 Å². The highest BCUT2D eigenvalue weighted by Crippen LogP contribution is 2.40. The van der Waals surface area contributed by atoms with Gasteiger partial charge in [0.05, 0.1) is 39.7 Å². The molecule has 1 aliphatic carbocycles. The first kappa shape index (κ1) is 32.3. The number of hydrazone groups is 1. The fourth-order valence-corrected chi connectivity index (χ4v) is 6.21. The molecule has 0 bridgehead atoms. The first-order valence-electron chi connectivity index (χ1n) is 14.2. The summed E-state index contributed by atoms with van der Waals surface area (Å²) < 4.78 is 27.0. The van der Waals surface area contributed by atoms with E-state index in [2.05, 4.69) is 22.8 Å². The van der Waals surface area contributed by atoms with Crippen LogP contribution in [0.3, 0.4) is 0 Å². The summed E-state index contributed by atoms with van der Waals surface area (Å²) in [6.45, 7) is 5.78. The van der Waals surface area contributed by atoms with Crippen molar-refractivity contribution < 1.29 is 38.1 Å². The molecular weight excluding hydrogens is 586 g/mol. The highest BCUT2D eigenvalue weighted by Gasteiger charge is 2.29. The van der Waals surface area contributed by atoms with Gasteiger partial charge >= 0.3 is 5.97 Å². The monoisotopic (exact) mass is 623 g/mol. The number of ether oxygens (including phenoxy) is 5. The van der Waals surface area contributed by atoms with E-state index in [1.54, 1.807) is 50.2 Å². The third-order valence-corrected chi connectivity index (χ3v) is 8.26. The summed E-state index contributed by atoms with van der Waals surface area (Å²) in [5, 5.41) is 7.42. The van der Waals surface area contributed by atoms with E-state index in [-0.39, 0.29) is 12.5 Å². The van der Waals surface area contributed by atoms with Crippen LogP contribution in [0.5, 0.6) is 23.0 Å². The van der Waals surface area contributed by atoms with Crippen LogP contribution in [0.2, 0.25) is 0 Å². The van der Waals surface area contributed by atoms with Crippen LogP contribution in [0.1, 0.15) is 63.9 Å². The van der Waals surface area contributed by atoms with E-state index in [1.165, 1.54) is 38.9 Å². The van der Waals surface area contributed by atoms with Crippen LogP contribution in [0, 0.1) is 5.92 Å². The number of hydrogen-bond donors (Lipinski definition) is 2. The number of benzene rings is 2. The number of anilines is 1. The minimum atomic E-state index is -0.876. The van der Waals surface area contributed by atoms with Gasteiger partial charge < -0.3 is 29.0 Å². The van der Waals surface area contributed by atoms with Gasteiger partial charge in [0.2, 0.25) is 5.75 Å². The third-order valence-electron chi connectivity index (χ3n) is 7.09. The number of fused-ring (bicyclic) bond motifs is 1. The topological polar surface area (TPSA) is 134 Å². The van der Waals surface area contributed by atoms with Crippen LogP contribution in [-0.2, 0) is 22.4 Å². The van der Waals surface area contributed by atoms with Crippen LogP contribution in [-0.4, -0.2) is 58.0 Å². The summed E-state index contributed by atoms with van der Waals surface area (Å²) in [7, 11) is 4.53. The number of hydrogen-bond acceptors (Lipinski definition) is 10. The van der Waals surface area contributed by atoms with Gasteiger partial charge in [-0.05, 0) is 81.0 Å². The Kier molecular flexibility index (Phi) is 10.8. The molecule has 0 radical (unpaired) electrons. The Labute approximate surface area is 260 Å². The van der Waals surface area contributed by atoms with Crippen LogP contribution < -0.4 is 29.7 Å². The molecule has 3 aromatic rings.